The third-order valence-electron chi connectivity index (χ3n) is 11.9. The lowest BCUT2D eigenvalue weighted by Gasteiger charge is -2.67. The molecule has 8 atom stereocenters. The Bertz CT molecular complexity index is 1070. The van der Waals surface area contributed by atoms with Gasteiger partial charge in [0.15, 0.2) is 5.78 Å². The van der Waals surface area contributed by atoms with Crippen LogP contribution in [0.5, 0.6) is 0 Å². The van der Waals surface area contributed by atoms with Gasteiger partial charge in [-0.05, 0) is 84.9 Å². The summed E-state index contributed by atoms with van der Waals surface area (Å²) >= 11 is 0. The van der Waals surface area contributed by atoms with E-state index in [9.17, 15) is 20.1 Å². The molecule has 0 heterocycles. The van der Waals surface area contributed by atoms with E-state index in [4.69, 9.17) is 0 Å². The number of hydrogen-bond donors (Lipinski definition) is 0. The van der Waals surface area contributed by atoms with Crippen LogP contribution in [-0.4, -0.2) is 11.6 Å². The Balaban J connectivity index is 1.60. The highest BCUT2D eigenvalue weighted by molar-refractivity contribution is 6.04. The van der Waals surface area contributed by atoms with Crippen molar-refractivity contribution in [3.63, 3.8) is 0 Å². The van der Waals surface area contributed by atoms with Gasteiger partial charge < -0.3 is 0 Å². The number of ketones is 2. The van der Waals surface area contributed by atoms with Gasteiger partial charge in [-0.2, -0.15) is 10.5 Å². The van der Waals surface area contributed by atoms with Gasteiger partial charge in [0.05, 0.1) is 17.1 Å². The van der Waals surface area contributed by atoms with Gasteiger partial charge in [0.25, 0.3) is 0 Å². The first kappa shape index (κ1) is 23.8. The van der Waals surface area contributed by atoms with Crippen LogP contribution in [0.25, 0.3) is 0 Å². The average molecular weight is 461 g/mol. The molecule has 0 spiro atoms. The second kappa shape index (κ2) is 7.06. The van der Waals surface area contributed by atoms with Crippen LogP contribution in [0.15, 0.2) is 11.6 Å². The molecule has 0 aromatic heterocycles. The molecule has 4 heteroatoms. The molecule has 0 amide bonds. The van der Waals surface area contributed by atoms with Crippen LogP contribution < -0.4 is 0 Å². The van der Waals surface area contributed by atoms with Gasteiger partial charge in [0, 0.05) is 17.8 Å². The zero-order chi connectivity index (χ0) is 24.9. The van der Waals surface area contributed by atoms with Crippen molar-refractivity contribution in [2.75, 3.05) is 0 Å². The minimum Gasteiger partial charge on any atom is -0.299 e. The molecule has 5 aliphatic carbocycles. The maximum Gasteiger partial charge on any atom is 0.178 e. The van der Waals surface area contributed by atoms with E-state index in [1.54, 1.807) is 0 Å². The number of allylic oxidation sites excluding steroid dienone is 2. The molecule has 0 aromatic rings. The fourth-order valence-electron chi connectivity index (χ4n) is 10.1. The summed E-state index contributed by atoms with van der Waals surface area (Å²) in [6, 6.07) is 4.93. The topological polar surface area (TPSA) is 81.7 Å². The zero-order valence-corrected chi connectivity index (χ0v) is 21.8. The average Bonchev–Trinajstić information content (AvgIpc) is 2.77. The van der Waals surface area contributed by atoms with Crippen LogP contribution in [0.3, 0.4) is 0 Å². The molecule has 182 valence electrons. The number of nitrogens with zero attached hydrogens (tertiary/aromatic N) is 2. The quantitative estimate of drug-likeness (QED) is 0.418. The van der Waals surface area contributed by atoms with Crippen molar-refractivity contribution in [2.24, 2.45) is 56.7 Å². The highest BCUT2D eigenvalue weighted by Crippen LogP contribution is 2.71. The predicted molar refractivity (Wildman–Crippen MR) is 130 cm³/mol. The molecule has 0 aliphatic heterocycles. The summed E-state index contributed by atoms with van der Waals surface area (Å²) in [7, 11) is 0. The molecule has 0 saturated heterocycles. The summed E-state index contributed by atoms with van der Waals surface area (Å²) in [6.45, 7) is 13.2. The SMILES string of the molecule is CC1(C)CCC2(C#N)CCC3C(C(=O)CC4C5(C)C=C(C#N)C(=O)C(C)(C)C5CCC34C)C2C1. The van der Waals surface area contributed by atoms with Crippen LogP contribution in [-0.2, 0) is 9.59 Å². The molecule has 8 unspecified atom stereocenters. The van der Waals surface area contributed by atoms with Crippen molar-refractivity contribution >= 4 is 11.6 Å². The Morgan fingerprint density at radius 2 is 1.59 bits per heavy atom. The molecule has 4 saturated carbocycles. The number of rotatable bonds is 0. The highest BCUT2D eigenvalue weighted by atomic mass is 16.1. The Morgan fingerprint density at radius 1 is 0.882 bits per heavy atom. The predicted octanol–water partition coefficient (Wildman–Crippen LogP) is 6.42. The molecular formula is C30H40N2O2. The molecule has 0 N–H and O–H groups in total. The lowest BCUT2D eigenvalue weighted by Crippen LogP contribution is -2.64. The molecule has 0 aromatic carbocycles. The number of nitriles is 2. The molecule has 5 rings (SSSR count). The summed E-state index contributed by atoms with van der Waals surface area (Å²) in [6.07, 6.45) is 9.26. The van der Waals surface area contributed by atoms with Crippen LogP contribution in [0, 0.1) is 79.3 Å². The van der Waals surface area contributed by atoms with Gasteiger partial charge in [0.1, 0.15) is 11.9 Å². The first-order valence-corrected chi connectivity index (χ1v) is 13.4. The largest absolute Gasteiger partial charge is 0.299 e. The van der Waals surface area contributed by atoms with E-state index in [1.807, 2.05) is 19.9 Å². The summed E-state index contributed by atoms with van der Waals surface area (Å²) < 4.78 is 0. The van der Waals surface area contributed by atoms with E-state index in [0.29, 0.717) is 12.2 Å². The van der Waals surface area contributed by atoms with Crippen molar-refractivity contribution < 1.29 is 9.59 Å². The van der Waals surface area contributed by atoms with Gasteiger partial charge in [0.2, 0.25) is 0 Å². The summed E-state index contributed by atoms with van der Waals surface area (Å²) in [5.74, 6) is 1.01. The van der Waals surface area contributed by atoms with E-state index in [1.165, 1.54) is 0 Å². The Kier molecular flexibility index (Phi) is 4.94. The molecule has 0 bridgehead atoms. The van der Waals surface area contributed by atoms with E-state index >= 15 is 0 Å². The van der Waals surface area contributed by atoms with E-state index in [2.05, 4.69) is 39.8 Å². The van der Waals surface area contributed by atoms with Gasteiger partial charge in [-0.3, -0.25) is 9.59 Å². The number of hydrogen-bond acceptors (Lipinski definition) is 4. The van der Waals surface area contributed by atoms with E-state index < -0.39 is 5.41 Å². The standard InChI is InChI=1S/C30H40N2O2/c1-26(2)11-12-30(17-32)10-7-19-24(20(30)15-26)21(33)13-23-28(19,5)9-8-22-27(3,4)25(34)18(16-31)14-29(22,23)6/h14,19-20,22-24H,7-13,15H2,1-6H3. The first-order valence-electron chi connectivity index (χ1n) is 13.4. The molecule has 34 heavy (non-hydrogen) atoms. The minimum absolute atomic E-state index is 0.0133. The summed E-state index contributed by atoms with van der Waals surface area (Å²) in [5.41, 5.74) is -0.835. The lowest BCUT2D eigenvalue weighted by molar-refractivity contribution is -0.185. The molecule has 4 fully saturated rings. The van der Waals surface area contributed by atoms with Crippen molar-refractivity contribution in [3.8, 4) is 12.1 Å². The third kappa shape index (κ3) is 2.87. The Hall–Kier alpha value is -1.94. The van der Waals surface area contributed by atoms with Crippen LogP contribution in [0.1, 0.15) is 92.9 Å². The van der Waals surface area contributed by atoms with Gasteiger partial charge >= 0.3 is 0 Å². The minimum atomic E-state index is -0.592. The summed E-state index contributed by atoms with van der Waals surface area (Å²) in [4.78, 5) is 27.2. The maximum absolute atomic E-state index is 14.1. The second-order valence-corrected chi connectivity index (χ2v) is 14.3. The molecular weight excluding hydrogens is 420 g/mol. The van der Waals surface area contributed by atoms with E-state index in [0.717, 1.165) is 44.9 Å². The number of carbonyl (C=O) groups excluding carboxylic acids is 2. The highest BCUT2D eigenvalue weighted by Gasteiger charge is 2.68. The van der Waals surface area contributed by atoms with Gasteiger partial charge in [-0.25, -0.2) is 0 Å². The van der Waals surface area contributed by atoms with Crippen LogP contribution in [0.2, 0.25) is 0 Å². The monoisotopic (exact) mass is 460 g/mol. The third-order valence-corrected chi connectivity index (χ3v) is 11.9. The number of carbonyl (C=O) groups is 2. The normalized spacial score (nSPS) is 48.7. The van der Waals surface area contributed by atoms with Crippen molar-refractivity contribution in [1.82, 2.24) is 0 Å². The molecule has 5 aliphatic rings. The first-order chi connectivity index (χ1) is 15.8. The zero-order valence-electron chi connectivity index (χ0n) is 21.8. The fourth-order valence-corrected chi connectivity index (χ4v) is 10.1. The summed E-state index contributed by atoms with van der Waals surface area (Å²) in [5, 5.41) is 20.1. The molecule has 0 radical (unpaired) electrons. The van der Waals surface area contributed by atoms with Crippen molar-refractivity contribution in [1.29, 1.82) is 10.5 Å². The van der Waals surface area contributed by atoms with Crippen LogP contribution in [0.4, 0.5) is 0 Å². The fraction of sp³-hybridized carbons (Fsp3) is 0.800. The Morgan fingerprint density at radius 3 is 2.24 bits per heavy atom. The van der Waals surface area contributed by atoms with Gasteiger partial charge in [-0.15, -0.1) is 0 Å². The lowest BCUT2D eigenvalue weighted by atomic mass is 9.35. The second-order valence-electron chi connectivity index (χ2n) is 14.3. The van der Waals surface area contributed by atoms with Crippen molar-refractivity contribution in [2.45, 2.75) is 92.9 Å². The molecule has 4 nitrogen and oxygen atoms in total. The van der Waals surface area contributed by atoms with E-state index in [-0.39, 0.29) is 62.6 Å². The maximum atomic E-state index is 14.1. The number of fused-ring (bicyclic) bond motifs is 7. The number of Topliss-reactive ketones (excluding diaryl/α,β-unsaturated/α-hetero) is 2. The Labute approximate surface area is 205 Å². The van der Waals surface area contributed by atoms with Crippen LogP contribution >= 0.6 is 0 Å². The smallest absolute Gasteiger partial charge is 0.178 e. The van der Waals surface area contributed by atoms with Gasteiger partial charge in [-0.1, -0.05) is 47.6 Å². The van der Waals surface area contributed by atoms with Crippen molar-refractivity contribution in [3.05, 3.63) is 11.6 Å².